The standard InChI is InChI=1S/C29H34ClFN6O10P2/c1-17(2)13-20(28(39)43-14-18-9-5-3-6-10-18)36-48(40,46-19-11-7-4-8-12-19)47-49(41,42)44-15-21-24(38)22(31)27(45-21)37-16-33-23-25(32)34-29(30)35-26(23)37/h3-12,16-17,20-22,24,27,38H,13-15H2,1-2H3,(H,36,40)(H,41,42)(H2,32,34,35)/t20-,21+,22+,24?,27+,48?/m0/s1. The lowest BCUT2D eigenvalue weighted by molar-refractivity contribution is -0.147. The maximum absolute atomic E-state index is 15.3. The molecule has 0 bridgehead atoms. The average Bonchev–Trinajstić information content (AvgIpc) is 3.58. The predicted octanol–water partition coefficient (Wildman–Crippen LogP) is 4.73. The number of carbonyl (C=O) groups excluding carboxylic acids is 1. The van der Waals surface area contributed by atoms with Gasteiger partial charge in [-0.3, -0.25) is 13.9 Å². The zero-order chi connectivity index (χ0) is 35.3. The number of benzene rings is 2. The molecule has 3 unspecified atom stereocenters. The number of halogens is 2. The Kier molecular flexibility index (Phi) is 11.7. The number of rotatable bonds is 15. The van der Waals surface area contributed by atoms with E-state index in [1.165, 1.54) is 12.1 Å². The van der Waals surface area contributed by atoms with E-state index in [1.807, 2.05) is 0 Å². The quantitative estimate of drug-likeness (QED) is 0.0735. The summed E-state index contributed by atoms with van der Waals surface area (Å²) in [7, 11) is -10.3. The summed E-state index contributed by atoms with van der Waals surface area (Å²) in [6.07, 6.45) is -5.78. The van der Waals surface area contributed by atoms with E-state index in [1.54, 1.807) is 62.4 Å². The summed E-state index contributed by atoms with van der Waals surface area (Å²) in [4.78, 5) is 35.7. The molecule has 4 aromatic rings. The van der Waals surface area contributed by atoms with Crippen LogP contribution < -0.4 is 15.3 Å². The monoisotopic (exact) mass is 742 g/mol. The fourth-order valence-electron chi connectivity index (χ4n) is 4.87. The van der Waals surface area contributed by atoms with Crippen LogP contribution >= 0.6 is 27.2 Å². The number of aliphatic hydroxyl groups excluding tert-OH is 1. The molecule has 1 saturated heterocycles. The Balaban J connectivity index is 1.31. The topological polar surface area (TPSA) is 219 Å². The lowest BCUT2D eigenvalue weighted by Crippen LogP contribution is -2.38. The lowest BCUT2D eigenvalue weighted by atomic mass is 10.1. The molecular weight excluding hydrogens is 709 g/mol. The Morgan fingerprint density at radius 1 is 1.14 bits per heavy atom. The highest BCUT2D eigenvalue weighted by Gasteiger charge is 2.48. The first-order valence-electron chi connectivity index (χ1n) is 14.9. The molecule has 0 aliphatic carbocycles. The maximum atomic E-state index is 15.3. The predicted molar refractivity (Wildman–Crippen MR) is 174 cm³/mol. The Labute approximate surface area is 284 Å². The molecule has 0 spiro atoms. The Bertz CT molecular complexity index is 1840. The van der Waals surface area contributed by atoms with Crippen molar-refractivity contribution in [2.75, 3.05) is 12.3 Å². The number of esters is 1. The Hall–Kier alpha value is -3.50. The largest absolute Gasteiger partial charge is 0.481 e. The molecule has 5 rings (SSSR count). The van der Waals surface area contributed by atoms with E-state index in [4.69, 9.17) is 40.2 Å². The van der Waals surface area contributed by atoms with Crippen molar-refractivity contribution >= 4 is 50.1 Å². The minimum Gasteiger partial charge on any atom is -0.460 e. The van der Waals surface area contributed by atoms with Gasteiger partial charge in [-0.25, -0.2) is 18.5 Å². The number of aliphatic hydroxyl groups is 1. The van der Waals surface area contributed by atoms with E-state index >= 15 is 4.39 Å². The third-order valence-corrected chi connectivity index (χ3v) is 10.5. The van der Waals surface area contributed by atoms with E-state index in [-0.39, 0.29) is 47.0 Å². The third-order valence-electron chi connectivity index (χ3n) is 7.10. The van der Waals surface area contributed by atoms with Crippen LogP contribution in [0, 0.1) is 5.92 Å². The number of nitrogens with one attached hydrogen (secondary N) is 1. The van der Waals surface area contributed by atoms with Gasteiger partial charge >= 0.3 is 21.5 Å². The molecule has 0 saturated carbocycles. The van der Waals surface area contributed by atoms with Crippen molar-refractivity contribution in [1.82, 2.24) is 24.6 Å². The molecule has 0 amide bonds. The van der Waals surface area contributed by atoms with Crippen molar-refractivity contribution in [3.8, 4) is 5.75 Å². The van der Waals surface area contributed by atoms with E-state index in [9.17, 15) is 23.9 Å². The number of hydrogen-bond donors (Lipinski definition) is 4. The molecule has 2 aromatic carbocycles. The summed E-state index contributed by atoms with van der Waals surface area (Å²) >= 11 is 5.89. The molecule has 264 valence electrons. The molecule has 1 aliphatic heterocycles. The second-order valence-corrected chi connectivity index (χ2v) is 15.0. The number of phosphoric acid groups is 1. The summed E-state index contributed by atoms with van der Waals surface area (Å²) in [6.45, 7) is 2.59. The van der Waals surface area contributed by atoms with Gasteiger partial charge in [0.2, 0.25) is 5.28 Å². The van der Waals surface area contributed by atoms with Gasteiger partial charge in [0, 0.05) is 0 Å². The van der Waals surface area contributed by atoms with Crippen LogP contribution in [0.2, 0.25) is 5.28 Å². The molecule has 0 radical (unpaired) electrons. The fourth-order valence-corrected chi connectivity index (χ4v) is 8.02. The van der Waals surface area contributed by atoms with Gasteiger partial charge in [0.1, 0.15) is 36.1 Å². The van der Waals surface area contributed by atoms with Crippen molar-refractivity contribution in [1.29, 1.82) is 0 Å². The van der Waals surface area contributed by atoms with Gasteiger partial charge in [0.15, 0.2) is 23.9 Å². The molecule has 16 nitrogen and oxygen atoms in total. The van der Waals surface area contributed by atoms with Gasteiger partial charge in [0.25, 0.3) is 0 Å². The van der Waals surface area contributed by atoms with Gasteiger partial charge < -0.3 is 29.7 Å². The zero-order valence-corrected chi connectivity index (χ0v) is 28.7. The summed E-state index contributed by atoms with van der Waals surface area (Å²) in [5.41, 5.74) is 6.62. The summed E-state index contributed by atoms with van der Waals surface area (Å²) in [6, 6.07) is 15.1. The number of anilines is 1. The summed E-state index contributed by atoms with van der Waals surface area (Å²) in [5.74, 6) is -1.07. The number of carbonyl (C=O) groups is 1. The van der Waals surface area contributed by atoms with Gasteiger partial charge in [0.05, 0.1) is 12.9 Å². The molecule has 20 heteroatoms. The number of nitrogens with two attached hydrogens (primary N) is 1. The number of aromatic nitrogens is 4. The number of para-hydroxylation sites is 1. The van der Waals surface area contributed by atoms with Gasteiger partial charge in [-0.05, 0) is 41.6 Å². The van der Waals surface area contributed by atoms with E-state index in [0.29, 0.717) is 5.56 Å². The first kappa shape index (κ1) is 36.8. The molecule has 2 aromatic heterocycles. The fraction of sp³-hybridized carbons (Fsp3) is 0.379. The van der Waals surface area contributed by atoms with Crippen molar-refractivity contribution in [3.63, 3.8) is 0 Å². The van der Waals surface area contributed by atoms with Crippen LogP contribution in [-0.2, 0) is 38.8 Å². The summed E-state index contributed by atoms with van der Waals surface area (Å²) in [5, 5.41) is 12.8. The van der Waals surface area contributed by atoms with Crippen molar-refractivity contribution in [2.24, 2.45) is 5.92 Å². The van der Waals surface area contributed by atoms with Crippen LogP contribution in [0.4, 0.5) is 10.2 Å². The lowest BCUT2D eigenvalue weighted by Gasteiger charge is -2.26. The highest BCUT2D eigenvalue weighted by Crippen LogP contribution is 2.61. The molecule has 5 N–H and O–H groups in total. The van der Waals surface area contributed by atoms with Crippen LogP contribution in [0.1, 0.15) is 32.1 Å². The van der Waals surface area contributed by atoms with Crippen LogP contribution in [-0.4, -0.2) is 66.5 Å². The molecule has 1 fully saturated rings. The number of alkyl halides is 1. The summed E-state index contributed by atoms with van der Waals surface area (Å²) < 4.78 is 70.4. The first-order valence-corrected chi connectivity index (χ1v) is 18.3. The minimum absolute atomic E-state index is 0.0124. The smallest absolute Gasteiger partial charge is 0.460 e. The van der Waals surface area contributed by atoms with E-state index in [0.717, 1.165) is 10.9 Å². The normalized spacial score (nSPS) is 22.4. The maximum Gasteiger partial charge on any atom is 0.481 e. The second-order valence-electron chi connectivity index (χ2n) is 11.4. The van der Waals surface area contributed by atoms with Gasteiger partial charge in [-0.15, -0.1) is 0 Å². The second kappa shape index (κ2) is 15.6. The van der Waals surface area contributed by atoms with Crippen LogP contribution in [0.3, 0.4) is 0 Å². The van der Waals surface area contributed by atoms with Crippen LogP contribution in [0.25, 0.3) is 11.2 Å². The number of hydrogen-bond acceptors (Lipinski definition) is 13. The van der Waals surface area contributed by atoms with Crippen LogP contribution in [0.5, 0.6) is 5.75 Å². The number of imidazole rings is 1. The Morgan fingerprint density at radius 3 is 2.49 bits per heavy atom. The zero-order valence-electron chi connectivity index (χ0n) is 26.1. The number of fused-ring (bicyclic) bond motifs is 1. The molecule has 49 heavy (non-hydrogen) atoms. The van der Waals surface area contributed by atoms with Crippen LogP contribution in [0.15, 0.2) is 67.0 Å². The van der Waals surface area contributed by atoms with Crippen molar-refractivity contribution in [2.45, 2.75) is 57.5 Å². The molecular formula is C29H34ClFN6O10P2. The third kappa shape index (κ3) is 9.39. The number of phosphoric ester groups is 1. The number of ether oxygens (including phenoxy) is 2. The van der Waals surface area contributed by atoms with Crippen molar-refractivity contribution in [3.05, 3.63) is 77.8 Å². The van der Waals surface area contributed by atoms with Crippen molar-refractivity contribution < 1.29 is 51.1 Å². The number of nitrogens with zero attached hydrogens (tertiary/aromatic N) is 4. The molecule has 3 heterocycles. The first-order chi connectivity index (χ1) is 23.2. The average molecular weight is 743 g/mol. The molecule has 1 aliphatic rings. The van der Waals surface area contributed by atoms with E-state index in [2.05, 4.69) is 20.0 Å². The SMILES string of the molecule is CC(C)C[C@H](NP(=O)(Oc1ccccc1)OP(=O)(O)OC[C@H]1O[C@@H](n2cnc3c(N)nc(Cl)nc32)[C@H](F)C1O)C(=O)OCc1ccccc1. The minimum atomic E-state index is -5.36. The highest BCUT2D eigenvalue weighted by atomic mass is 35.5. The molecule has 7 atom stereocenters. The van der Waals surface area contributed by atoms with E-state index < -0.39 is 58.8 Å². The number of nitrogen functional groups attached to an aromatic ring is 1. The van der Waals surface area contributed by atoms with Gasteiger partial charge in [-0.2, -0.15) is 19.4 Å². The Morgan fingerprint density at radius 2 is 1.82 bits per heavy atom. The van der Waals surface area contributed by atoms with Gasteiger partial charge in [-0.1, -0.05) is 62.4 Å². The highest BCUT2D eigenvalue weighted by molar-refractivity contribution is 7.63.